The molecular formula is C27H38N2O3. The second kappa shape index (κ2) is 10.1. The van der Waals surface area contributed by atoms with Crippen LogP contribution in [0.15, 0.2) is 22.9 Å². The first-order valence-corrected chi connectivity index (χ1v) is 12.1. The van der Waals surface area contributed by atoms with E-state index in [1.807, 2.05) is 13.1 Å². The van der Waals surface area contributed by atoms with Gasteiger partial charge in [0.05, 0.1) is 5.70 Å². The van der Waals surface area contributed by atoms with Gasteiger partial charge >= 0.3 is 0 Å². The summed E-state index contributed by atoms with van der Waals surface area (Å²) in [6, 6.07) is -0.549. The van der Waals surface area contributed by atoms with Crippen molar-refractivity contribution in [1.29, 1.82) is 0 Å². The van der Waals surface area contributed by atoms with E-state index in [9.17, 15) is 14.4 Å². The first-order chi connectivity index (χ1) is 15.1. The van der Waals surface area contributed by atoms with E-state index < -0.39 is 6.04 Å². The molecule has 5 heteroatoms. The van der Waals surface area contributed by atoms with E-state index in [0.717, 1.165) is 50.5 Å². The zero-order chi connectivity index (χ0) is 23.5. The van der Waals surface area contributed by atoms with E-state index >= 15 is 0 Å². The van der Waals surface area contributed by atoms with Gasteiger partial charge in [-0.2, -0.15) is 0 Å². The molecule has 5 nitrogen and oxygen atoms in total. The van der Waals surface area contributed by atoms with Gasteiger partial charge in [0.2, 0.25) is 11.8 Å². The number of Topliss-reactive ketones (excluding diaryl/α,β-unsaturated/α-hetero) is 1. The Morgan fingerprint density at radius 2 is 1.72 bits per heavy atom. The molecule has 1 saturated carbocycles. The van der Waals surface area contributed by atoms with Crippen LogP contribution >= 0.6 is 0 Å². The van der Waals surface area contributed by atoms with Gasteiger partial charge in [0.1, 0.15) is 6.04 Å². The number of hydrogen-bond acceptors (Lipinski definition) is 3. The summed E-state index contributed by atoms with van der Waals surface area (Å²) in [5.74, 6) is 6.32. The highest BCUT2D eigenvalue weighted by atomic mass is 16.2. The third-order valence-corrected chi connectivity index (χ3v) is 6.66. The van der Waals surface area contributed by atoms with Crippen molar-refractivity contribution >= 4 is 17.6 Å². The van der Waals surface area contributed by atoms with E-state index in [2.05, 4.69) is 32.6 Å². The molecule has 0 spiro atoms. The SMILES string of the molecule is CC(=O)C1=C(N(C(=O)C2CCCCC2)[C@@H]2CCCCN(C)C2=O)C=C(C#CC(C)(C)C)C1. The molecule has 32 heavy (non-hydrogen) atoms. The van der Waals surface area contributed by atoms with Gasteiger partial charge in [-0.1, -0.05) is 31.1 Å². The summed E-state index contributed by atoms with van der Waals surface area (Å²) in [5, 5.41) is 0. The molecule has 1 heterocycles. The second-order valence-corrected chi connectivity index (χ2v) is 10.6. The zero-order valence-electron chi connectivity index (χ0n) is 20.4. The van der Waals surface area contributed by atoms with Crippen LogP contribution in [0.3, 0.4) is 0 Å². The van der Waals surface area contributed by atoms with Gasteiger partial charge in [-0.3, -0.25) is 19.3 Å². The molecule has 0 unspecified atom stereocenters. The van der Waals surface area contributed by atoms with Gasteiger partial charge in [-0.05, 0) is 65.9 Å². The van der Waals surface area contributed by atoms with Gasteiger partial charge in [-0.15, -0.1) is 0 Å². The maximum atomic E-state index is 13.9. The number of amides is 2. The first kappa shape index (κ1) is 24.3. The molecule has 3 rings (SSSR count). The Bertz CT molecular complexity index is 888. The number of likely N-dealkylation sites (N-methyl/N-ethyl adjacent to an activating group) is 1. The highest BCUT2D eigenvalue weighted by molar-refractivity contribution is 5.98. The van der Waals surface area contributed by atoms with Crippen molar-refractivity contribution < 1.29 is 14.4 Å². The van der Waals surface area contributed by atoms with Crippen LogP contribution in [0.1, 0.15) is 85.5 Å². The molecule has 1 saturated heterocycles. The van der Waals surface area contributed by atoms with E-state index in [1.165, 1.54) is 0 Å². The number of carbonyl (C=O) groups is 3. The molecule has 1 aliphatic heterocycles. The van der Waals surface area contributed by atoms with E-state index in [-0.39, 0.29) is 28.9 Å². The molecule has 0 aromatic rings. The predicted molar refractivity (Wildman–Crippen MR) is 126 cm³/mol. The molecule has 2 fully saturated rings. The smallest absolute Gasteiger partial charge is 0.245 e. The van der Waals surface area contributed by atoms with Crippen LogP contribution in [-0.4, -0.2) is 47.0 Å². The van der Waals surface area contributed by atoms with Crippen molar-refractivity contribution in [2.75, 3.05) is 13.6 Å². The number of allylic oxidation sites excluding steroid dienone is 3. The summed E-state index contributed by atoms with van der Waals surface area (Å²) in [6.45, 7) is 8.41. The summed E-state index contributed by atoms with van der Waals surface area (Å²) < 4.78 is 0. The van der Waals surface area contributed by atoms with E-state index in [1.54, 1.807) is 16.7 Å². The Labute approximate surface area is 193 Å². The van der Waals surface area contributed by atoms with Crippen molar-refractivity contribution in [3.63, 3.8) is 0 Å². The van der Waals surface area contributed by atoms with Crippen molar-refractivity contribution in [1.82, 2.24) is 9.80 Å². The van der Waals surface area contributed by atoms with Crippen LogP contribution in [0, 0.1) is 23.2 Å². The molecule has 0 bridgehead atoms. The van der Waals surface area contributed by atoms with E-state index in [0.29, 0.717) is 30.7 Å². The normalized spacial score (nSPS) is 22.8. The Morgan fingerprint density at radius 3 is 2.34 bits per heavy atom. The molecule has 0 aromatic carbocycles. The molecule has 2 aliphatic carbocycles. The maximum absolute atomic E-state index is 13.9. The largest absolute Gasteiger partial charge is 0.344 e. The third kappa shape index (κ3) is 5.71. The van der Waals surface area contributed by atoms with Crippen LogP contribution < -0.4 is 0 Å². The number of carbonyl (C=O) groups excluding carboxylic acids is 3. The van der Waals surface area contributed by atoms with Crippen molar-refractivity contribution in [3.05, 3.63) is 22.9 Å². The molecule has 3 aliphatic rings. The van der Waals surface area contributed by atoms with Gasteiger partial charge in [-0.25, -0.2) is 0 Å². The first-order valence-electron chi connectivity index (χ1n) is 12.1. The quantitative estimate of drug-likeness (QED) is 0.602. The average molecular weight is 439 g/mol. The fourth-order valence-corrected chi connectivity index (χ4v) is 4.85. The molecule has 0 radical (unpaired) electrons. The van der Waals surface area contributed by atoms with Gasteiger partial charge < -0.3 is 4.90 Å². The van der Waals surface area contributed by atoms with Gasteiger partial charge in [0.25, 0.3) is 0 Å². The summed E-state index contributed by atoms with van der Waals surface area (Å²) in [7, 11) is 1.81. The lowest BCUT2D eigenvalue weighted by Gasteiger charge is -2.36. The maximum Gasteiger partial charge on any atom is 0.245 e. The van der Waals surface area contributed by atoms with Crippen molar-refractivity contribution in [2.45, 2.75) is 91.5 Å². The summed E-state index contributed by atoms with van der Waals surface area (Å²) in [5.41, 5.74) is 1.90. The number of likely N-dealkylation sites (tertiary alicyclic amines) is 1. The Morgan fingerprint density at radius 1 is 1.06 bits per heavy atom. The molecule has 2 amide bonds. The topological polar surface area (TPSA) is 57.7 Å². The minimum absolute atomic E-state index is 0.00776. The Kier molecular flexibility index (Phi) is 7.64. The second-order valence-electron chi connectivity index (χ2n) is 10.6. The summed E-state index contributed by atoms with van der Waals surface area (Å²) in [6.07, 6.45) is 9.73. The average Bonchev–Trinajstić information content (AvgIpc) is 3.10. The molecule has 0 N–H and O–H groups in total. The lowest BCUT2D eigenvalue weighted by molar-refractivity contribution is -0.145. The fourth-order valence-electron chi connectivity index (χ4n) is 4.85. The zero-order valence-corrected chi connectivity index (χ0v) is 20.4. The highest BCUT2D eigenvalue weighted by Gasteiger charge is 2.40. The predicted octanol–water partition coefficient (Wildman–Crippen LogP) is 4.63. The highest BCUT2D eigenvalue weighted by Crippen LogP contribution is 2.35. The minimum atomic E-state index is -0.549. The molecule has 1 atom stereocenters. The van der Waals surface area contributed by atoms with Crippen molar-refractivity contribution in [2.24, 2.45) is 11.3 Å². The monoisotopic (exact) mass is 438 g/mol. The van der Waals surface area contributed by atoms with Gasteiger partial charge in [0.15, 0.2) is 5.78 Å². The Hall–Kier alpha value is -2.35. The van der Waals surface area contributed by atoms with Crippen molar-refractivity contribution in [3.8, 4) is 11.8 Å². The molecule has 0 aromatic heterocycles. The van der Waals surface area contributed by atoms with Crippen LogP contribution in [-0.2, 0) is 14.4 Å². The lowest BCUT2D eigenvalue weighted by Crippen LogP contribution is -2.50. The summed E-state index contributed by atoms with van der Waals surface area (Å²) in [4.78, 5) is 43.3. The number of nitrogens with zero attached hydrogens (tertiary/aromatic N) is 2. The molecule has 174 valence electrons. The van der Waals surface area contributed by atoms with Crippen LogP contribution in [0.4, 0.5) is 0 Å². The Balaban J connectivity index is 2.06. The van der Waals surface area contributed by atoms with Gasteiger partial charge in [0, 0.05) is 42.5 Å². The summed E-state index contributed by atoms with van der Waals surface area (Å²) >= 11 is 0. The van der Waals surface area contributed by atoms with E-state index in [4.69, 9.17) is 0 Å². The van der Waals surface area contributed by atoms with Crippen LogP contribution in [0.25, 0.3) is 0 Å². The lowest BCUT2D eigenvalue weighted by atomic mass is 9.87. The fraction of sp³-hybridized carbons (Fsp3) is 0.667. The molecular weight excluding hydrogens is 400 g/mol. The van der Waals surface area contributed by atoms with Crippen LogP contribution in [0.2, 0.25) is 0 Å². The standard InChI is InChI=1S/C27H38N2O3/c1-19(30)22-17-20(14-15-27(2,3)4)18-24(22)29(25(31)21-11-7-6-8-12-21)23-13-9-10-16-28(5)26(23)32/h18,21,23H,6-13,16-17H2,1-5H3/t23-/m1/s1. The third-order valence-electron chi connectivity index (χ3n) is 6.66. The number of ketones is 1. The minimum Gasteiger partial charge on any atom is -0.344 e. The number of hydrogen-bond donors (Lipinski definition) is 0. The van der Waals surface area contributed by atoms with Crippen LogP contribution in [0.5, 0.6) is 0 Å². The number of rotatable bonds is 4.